The largest absolute Gasteiger partial charge is 0.352 e. The van der Waals surface area contributed by atoms with Crippen LogP contribution in [0, 0.1) is 11.3 Å². The number of anilines is 2. The highest BCUT2D eigenvalue weighted by Crippen LogP contribution is 2.37. The highest BCUT2D eigenvalue weighted by Gasteiger charge is 2.48. The standard InChI is InChI=1S/C16H26ClN7/c1-10(2)19-12-20-11(17)21-13(22-12)23-16(9-18)7-14(3,4)24-15(5,6)8-16/h10,24H,7-8H2,1-6H3,(H2,19,20,21,22,23). The van der Waals surface area contributed by atoms with Crippen molar-refractivity contribution in [3.05, 3.63) is 5.28 Å². The van der Waals surface area contributed by atoms with Crippen molar-refractivity contribution in [2.24, 2.45) is 0 Å². The summed E-state index contributed by atoms with van der Waals surface area (Å²) in [6.45, 7) is 12.3. The third kappa shape index (κ3) is 4.68. The molecule has 0 radical (unpaired) electrons. The Morgan fingerprint density at radius 1 is 1.08 bits per heavy atom. The summed E-state index contributed by atoms with van der Waals surface area (Å²) < 4.78 is 0. The van der Waals surface area contributed by atoms with E-state index in [1.807, 2.05) is 13.8 Å². The van der Waals surface area contributed by atoms with Crippen LogP contribution in [0.3, 0.4) is 0 Å². The van der Waals surface area contributed by atoms with Crippen molar-refractivity contribution < 1.29 is 0 Å². The fourth-order valence-corrected chi connectivity index (χ4v) is 3.87. The predicted molar refractivity (Wildman–Crippen MR) is 96.1 cm³/mol. The summed E-state index contributed by atoms with van der Waals surface area (Å²) >= 11 is 6.01. The normalized spacial score (nSPS) is 21.1. The van der Waals surface area contributed by atoms with E-state index in [-0.39, 0.29) is 22.4 Å². The smallest absolute Gasteiger partial charge is 0.230 e. The maximum absolute atomic E-state index is 9.89. The van der Waals surface area contributed by atoms with Crippen LogP contribution in [0.5, 0.6) is 0 Å². The Bertz CT molecular complexity index is 632. The molecular weight excluding hydrogens is 326 g/mol. The number of halogens is 1. The van der Waals surface area contributed by atoms with Gasteiger partial charge in [-0.05, 0) is 53.1 Å². The van der Waals surface area contributed by atoms with Gasteiger partial charge in [-0.25, -0.2) is 0 Å². The zero-order valence-corrected chi connectivity index (χ0v) is 15.9. The van der Waals surface area contributed by atoms with Gasteiger partial charge in [-0.2, -0.15) is 20.2 Å². The van der Waals surface area contributed by atoms with E-state index in [0.717, 1.165) is 0 Å². The summed E-state index contributed by atoms with van der Waals surface area (Å²) in [6, 6.07) is 2.61. The highest BCUT2D eigenvalue weighted by molar-refractivity contribution is 6.28. The second kappa shape index (κ2) is 6.34. The van der Waals surface area contributed by atoms with E-state index in [1.54, 1.807) is 0 Å². The lowest BCUT2D eigenvalue weighted by molar-refractivity contribution is 0.143. The van der Waals surface area contributed by atoms with Crippen LogP contribution in [0.25, 0.3) is 0 Å². The zero-order valence-electron chi connectivity index (χ0n) is 15.2. The van der Waals surface area contributed by atoms with Crippen molar-refractivity contribution in [3.63, 3.8) is 0 Å². The van der Waals surface area contributed by atoms with Crippen molar-refractivity contribution in [2.45, 2.75) is 77.0 Å². The average molecular weight is 352 g/mol. The molecule has 8 heteroatoms. The maximum atomic E-state index is 9.89. The van der Waals surface area contributed by atoms with Crippen LogP contribution in [0.4, 0.5) is 11.9 Å². The Hall–Kier alpha value is -1.65. The van der Waals surface area contributed by atoms with Gasteiger partial charge in [0.25, 0.3) is 0 Å². The molecule has 7 nitrogen and oxygen atoms in total. The Balaban J connectivity index is 2.33. The van der Waals surface area contributed by atoms with Gasteiger partial charge in [-0.3, -0.25) is 0 Å². The Morgan fingerprint density at radius 2 is 1.62 bits per heavy atom. The molecule has 0 aliphatic carbocycles. The molecule has 1 fully saturated rings. The first kappa shape index (κ1) is 18.7. The van der Waals surface area contributed by atoms with E-state index in [2.05, 4.69) is 64.7 Å². The fraction of sp³-hybridized carbons (Fsp3) is 0.750. The quantitative estimate of drug-likeness (QED) is 0.766. The van der Waals surface area contributed by atoms with Gasteiger partial charge < -0.3 is 16.0 Å². The third-order valence-electron chi connectivity index (χ3n) is 3.76. The van der Waals surface area contributed by atoms with Crippen LogP contribution >= 0.6 is 11.6 Å². The first-order valence-electron chi connectivity index (χ1n) is 8.11. The molecule has 2 heterocycles. The van der Waals surface area contributed by atoms with Gasteiger partial charge in [0.2, 0.25) is 17.2 Å². The number of nitriles is 1. The molecule has 0 unspecified atom stereocenters. The number of hydrogen-bond acceptors (Lipinski definition) is 7. The van der Waals surface area contributed by atoms with E-state index >= 15 is 0 Å². The third-order valence-corrected chi connectivity index (χ3v) is 3.92. The molecule has 0 aromatic carbocycles. The molecule has 1 aromatic heterocycles. The number of nitrogens with zero attached hydrogens (tertiary/aromatic N) is 4. The van der Waals surface area contributed by atoms with Gasteiger partial charge in [-0.1, -0.05) is 0 Å². The number of nitrogens with one attached hydrogen (secondary N) is 3. The summed E-state index contributed by atoms with van der Waals surface area (Å²) in [6.07, 6.45) is 1.24. The minimum absolute atomic E-state index is 0.0937. The van der Waals surface area contributed by atoms with Crippen LogP contribution in [0.15, 0.2) is 0 Å². The molecular formula is C16H26ClN7. The highest BCUT2D eigenvalue weighted by atomic mass is 35.5. The molecule has 1 aliphatic heterocycles. The molecule has 1 saturated heterocycles. The lowest BCUT2D eigenvalue weighted by atomic mass is 9.71. The van der Waals surface area contributed by atoms with Crippen molar-refractivity contribution in [1.29, 1.82) is 5.26 Å². The van der Waals surface area contributed by atoms with Gasteiger partial charge in [0.05, 0.1) is 6.07 Å². The van der Waals surface area contributed by atoms with Crippen molar-refractivity contribution >= 4 is 23.5 Å². The fourth-order valence-electron chi connectivity index (χ4n) is 3.71. The zero-order chi connectivity index (χ0) is 18.2. The molecule has 3 N–H and O–H groups in total. The first-order chi connectivity index (χ1) is 10.9. The van der Waals surface area contributed by atoms with E-state index in [4.69, 9.17) is 11.6 Å². The second-order valence-corrected chi connectivity index (χ2v) is 8.45. The van der Waals surface area contributed by atoms with Gasteiger partial charge in [-0.15, -0.1) is 0 Å². The first-order valence-corrected chi connectivity index (χ1v) is 8.49. The molecule has 0 spiro atoms. The lowest BCUT2D eigenvalue weighted by Gasteiger charge is -2.50. The monoisotopic (exact) mass is 351 g/mol. The van der Waals surface area contributed by atoms with Crippen LogP contribution in [0.2, 0.25) is 5.28 Å². The lowest BCUT2D eigenvalue weighted by Crippen LogP contribution is -2.65. The van der Waals surface area contributed by atoms with E-state index in [1.165, 1.54) is 0 Å². The molecule has 0 saturated carbocycles. The van der Waals surface area contributed by atoms with Crippen LogP contribution in [-0.4, -0.2) is 37.6 Å². The van der Waals surface area contributed by atoms with Crippen molar-refractivity contribution in [1.82, 2.24) is 20.3 Å². The van der Waals surface area contributed by atoms with Crippen molar-refractivity contribution in [2.75, 3.05) is 10.6 Å². The summed E-state index contributed by atoms with van der Waals surface area (Å²) in [7, 11) is 0. The van der Waals surface area contributed by atoms with Crippen LogP contribution in [-0.2, 0) is 0 Å². The average Bonchev–Trinajstić information content (AvgIpc) is 2.32. The predicted octanol–water partition coefficient (Wildman–Crippen LogP) is 2.96. The molecule has 1 aliphatic rings. The summed E-state index contributed by atoms with van der Waals surface area (Å²) in [4.78, 5) is 12.6. The van der Waals surface area contributed by atoms with Crippen LogP contribution in [0.1, 0.15) is 54.4 Å². The van der Waals surface area contributed by atoms with Gasteiger partial charge in [0.1, 0.15) is 5.54 Å². The van der Waals surface area contributed by atoms with Gasteiger partial charge >= 0.3 is 0 Å². The van der Waals surface area contributed by atoms with Gasteiger partial charge in [0, 0.05) is 30.0 Å². The number of aromatic nitrogens is 3. The molecule has 0 atom stereocenters. The number of piperidine rings is 1. The molecule has 132 valence electrons. The van der Waals surface area contributed by atoms with Gasteiger partial charge in [0.15, 0.2) is 0 Å². The van der Waals surface area contributed by atoms with Crippen LogP contribution < -0.4 is 16.0 Å². The van der Waals surface area contributed by atoms with E-state index in [9.17, 15) is 5.26 Å². The number of hydrogen-bond donors (Lipinski definition) is 3. The van der Waals surface area contributed by atoms with Crippen molar-refractivity contribution in [3.8, 4) is 6.07 Å². The minimum Gasteiger partial charge on any atom is -0.352 e. The summed E-state index contributed by atoms with van der Waals surface area (Å²) in [5.74, 6) is 0.709. The topological polar surface area (TPSA) is 98.5 Å². The molecule has 2 rings (SSSR count). The summed E-state index contributed by atoms with van der Waals surface area (Å²) in [5.41, 5.74) is -1.17. The second-order valence-electron chi connectivity index (χ2n) is 8.12. The minimum atomic E-state index is -0.780. The van der Waals surface area contributed by atoms with E-state index in [0.29, 0.717) is 24.7 Å². The SMILES string of the molecule is CC(C)Nc1nc(Cl)nc(NC2(C#N)CC(C)(C)NC(C)(C)C2)n1. The molecule has 24 heavy (non-hydrogen) atoms. The molecule has 1 aromatic rings. The number of rotatable bonds is 4. The maximum Gasteiger partial charge on any atom is 0.230 e. The molecule has 0 bridgehead atoms. The Kier molecular flexibility index (Phi) is 4.93. The Morgan fingerprint density at radius 3 is 2.12 bits per heavy atom. The molecule has 0 amide bonds. The Labute approximate surface area is 148 Å². The summed E-state index contributed by atoms with van der Waals surface area (Å²) in [5, 5.41) is 19.9. The van der Waals surface area contributed by atoms with E-state index < -0.39 is 5.54 Å².